The van der Waals surface area contributed by atoms with Gasteiger partial charge in [0.15, 0.2) is 0 Å². The Hall–Kier alpha value is -1.72. The van der Waals surface area contributed by atoms with Gasteiger partial charge in [0.2, 0.25) is 0 Å². The molecule has 2 aromatic carbocycles. The second-order valence-corrected chi connectivity index (χ2v) is 9.80. The number of aliphatic hydroxyl groups is 2. The number of hydrogen-bond acceptors (Lipinski definition) is 4. The largest absolute Gasteiger partial charge is 0.393 e. The first-order valence-electron chi connectivity index (χ1n) is 11.2. The van der Waals surface area contributed by atoms with E-state index in [0.717, 1.165) is 11.1 Å². The van der Waals surface area contributed by atoms with Gasteiger partial charge < -0.3 is 19.7 Å². The summed E-state index contributed by atoms with van der Waals surface area (Å²) in [5, 5.41) is 21.0. The maximum Gasteiger partial charge on any atom is 0.0720 e. The molecule has 0 saturated heterocycles. The molecule has 4 nitrogen and oxygen atoms in total. The molecule has 2 N–H and O–H groups in total. The molecule has 0 aliphatic rings. The molecule has 0 saturated carbocycles. The zero-order valence-corrected chi connectivity index (χ0v) is 19.9. The smallest absolute Gasteiger partial charge is 0.0720 e. The highest BCUT2D eigenvalue weighted by Crippen LogP contribution is 2.38. The van der Waals surface area contributed by atoms with Crippen molar-refractivity contribution in [2.45, 2.75) is 85.6 Å². The van der Waals surface area contributed by atoms with Gasteiger partial charge in [0, 0.05) is 17.3 Å². The topological polar surface area (TPSA) is 58.9 Å². The van der Waals surface area contributed by atoms with Crippen LogP contribution in [0, 0.1) is 10.8 Å². The summed E-state index contributed by atoms with van der Waals surface area (Å²) >= 11 is 0. The first-order chi connectivity index (χ1) is 14.5. The SMILES string of the molecule is CC(O)C(C)(C)[C@H](C[C@H](OCc1ccccc1)C(C)(C)C(C)O)OCc1ccccc1. The Morgan fingerprint density at radius 2 is 0.968 bits per heavy atom. The molecule has 0 aliphatic heterocycles. The van der Waals surface area contributed by atoms with Crippen LogP contribution in [0.25, 0.3) is 0 Å². The summed E-state index contributed by atoms with van der Waals surface area (Å²) in [7, 11) is 0. The molecule has 2 unspecified atom stereocenters. The lowest BCUT2D eigenvalue weighted by atomic mass is 9.73. The monoisotopic (exact) mass is 428 g/mol. The Balaban J connectivity index is 2.24. The van der Waals surface area contributed by atoms with Crippen LogP contribution in [-0.2, 0) is 22.7 Å². The van der Waals surface area contributed by atoms with Gasteiger partial charge in [-0.1, -0.05) is 88.4 Å². The summed E-state index contributed by atoms with van der Waals surface area (Å²) in [6.45, 7) is 12.6. The summed E-state index contributed by atoms with van der Waals surface area (Å²) in [5.74, 6) is 0. The van der Waals surface area contributed by atoms with E-state index in [9.17, 15) is 10.2 Å². The van der Waals surface area contributed by atoms with E-state index in [4.69, 9.17) is 9.47 Å². The molecule has 2 rings (SSSR count). The lowest BCUT2D eigenvalue weighted by Gasteiger charge is -2.43. The van der Waals surface area contributed by atoms with Crippen LogP contribution in [0.4, 0.5) is 0 Å². The van der Waals surface area contributed by atoms with Crippen molar-refractivity contribution < 1.29 is 19.7 Å². The summed E-state index contributed by atoms with van der Waals surface area (Å²) in [5.41, 5.74) is 1.20. The maximum atomic E-state index is 10.5. The van der Waals surface area contributed by atoms with E-state index in [2.05, 4.69) is 0 Å². The van der Waals surface area contributed by atoms with E-state index >= 15 is 0 Å². The number of ether oxygens (including phenoxy) is 2. The molecule has 4 atom stereocenters. The second kappa shape index (κ2) is 11.2. The average molecular weight is 429 g/mol. The van der Waals surface area contributed by atoms with Crippen LogP contribution in [0.15, 0.2) is 60.7 Å². The van der Waals surface area contributed by atoms with Gasteiger partial charge in [0.1, 0.15) is 0 Å². The van der Waals surface area contributed by atoms with Gasteiger partial charge in [-0.2, -0.15) is 0 Å². The van der Waals surface area contributed by atoms with Crippen LogP contribution >= 0.6 is 0 Å². The molecule has 2 aromatic rings. The highest BCUT2D eigenvalue weighted by atomic mass is 16.5. The van der Waals surface area contributed by atoms with Crippen LogP contribution in [0.2, 0.25) is 0 Å². The fourth-order valence-corrected chi connectivity index (χ4v) is 3.45. The quantitative estimate of drug-likeness (QED) is 0.478. The molecule has 31 heavy (non-hydrogen) atoms. The maximum absolute atomic E-state index is 10.5. The van der Waals surface area contributed by atoms with Crippen molar-refractivity contribution in [2.24, 2.45) is 10.8 Å². The van der Waals surface area contributed by atoms with Gasteiger partial charge in [-0.15, -0.1) is 0 Å². The molecule has 0 aliphatic carbocycles. The number of benzene rings is 2. The van der Waals surface area contributed by atoms with Crippen LogP contribution < -0.4 is 0 Å². The van der Waals surface area contributed by atoms with E-state index in [1.165, 1.54) is 0 Å². The van der Waals surface area contributed by atoms with Crippen molar-refractivity contribution in [2.75, 3.05) is 0 Å². The van der Waals surface area contributed by atoms with Gasteiger partial charge in [0.05, 0.1) is 37.6 Å². The summed E-state index contributed by atoms with van der Waals surface area (Å²) in [4.78, 5) is 0. The molecule has 172 valence electrons. The Morgan fingerprint density at radius 3 is 1.26 bits per heavy atom. The van der Waals surface area contributed by atoms with Gasteiger partial charge in [-0.05, 0) is 25.0 Å². The third kappa shape index (κ3) is 7.15. The second-order valence-electron chi connectivity index (χ2n) is 9.80. The van der Waals surface area contributed by atoms with E-state index in [-0.39, 0.29) is 12.2 Å². The molecule has 4 heteroatoms. The Morgan fingerprint density at radius 1 is 0.645 bits per heavy atom. The minimum Gasteiger partial charge on any atom is -0.393 e. The summed E-state index contributed by atoms with van der Waals surface area (Å²) < 4.78 is 12.8. The highest BCUT2D eigenvalue weighted by molar-refractivity contribution is 5.14. The average Bonchev–Trinajstić information content (AvgIpc) is 2.74. The van der Waals surface area contributed by atoms with Crippen molar-refractivity contribution in [3.05, 3.63) is 71.8 Å². The highest BCUT2D eigenvalue weighted by Gasteiger charge is 2.42. The Labute approximate surface area is 188 Å². The number of rotatable bonds is 12. The van der Waals surface area contributed by atoms with Gasteiger partial charge in [-0.3, -0.25) is 0 Å². The molecule has 0 aromatic heterocycles. The molecule has 0 amide bonds. The number of aliphatic hydroxyl groups excluding tert-OH is 2. The van der Waals surface area contributed by atoms with Crippen LogP contribution in [-0.4, -0.2) is 34.6 Å². The van der Waals surface area contributed by atoms with E-state index in [0.29, 0.717) is 19.6 Å². The first-order valence-corrected chi connectivity index (χ1v) is 11.2. The van der Waals surface area contributed by atoms with Crippen molar-refractivity contribution >= 4 is 0 Å². The molecule has 0 bridgehead atoms. The van der Waals surface area contributed by atoms with Crippen LogP contribution in [0.3, 0.4) is 0 Å². The number of hydrogen-bond donors (Lipinski definition) is 2. The minimum atomic E-state index is -0.558. The molecular weight excluding hydrogens is 388 g/mol. The van der Waals surface area contributed by atoms with Crippen LogP contribution in [0.1, 0.15) is 59.1 Å². The molecule has 0 heterocycles. The predicted octanol–water partition coefficient (Wildman–Crippen LogP) is 5.36. The van der Waals surface area contributed by atoms with Gasteiger partial charge in [-0.25, -0.2) is 0 Å². The predicted molar refractivity (Wildman–Crippen MR) is 126 cm³/mol. The molecule has 0 spiro atoms. The molecular formula is C27H40O4. The standard InChI is InChI=1S/C27H40O4/c1-20(28)26(3,4)24(30-18-22-13-9-7-10-14-22)17-25(27(5,6)21(2)29)31-19-23-15-11-8-12-16-23/h7-16,20-21,24-25,28-29H,17-19H2,1-6H3/t20?,21?,24-,25-/m0/s1. The molecule has 0 fully saturated rings. The van der Waals surface area contributed by atoms with E-state index in [1.54, 1.807) is 13.8 Å². The minimum absolute atomic E-state index is 0.258. The van der Waals surface area contributed by atoms with Gasteiger partial charge >= 0.3 is 0 Å². The summed E-state index contributed by atoms with van der Waals surface area (Å²) in [6.07, 6.45) is -1.07. The van der Waals surface area contributed by atoms with Crippen molar-refractivity contribution in [3.8, 4) is 0 Å². The fraction of sp³-hybridized carbons (Fsp3) is 0.556. The Kier molecular flexibility index (Phi) is 9.26. The fourth-order valence-electron chi connectivity index (χ4n) is 3.45. The lowest BCUT2D eigenvalue weighted by molar-refractivity contribution is -0.145. The zero-order chi connectivity index (χ0) is 23.1. The van der Waals surface area contributed by atoms with Crippen molar-refractivity contribution in [1.82, 2.24) is 0 Å². The van der Waals surface area contributed by atoms with Crippen molar-refractivity contribution in [1.29, 1.82) is 0 Å². The van der Waals surface area contributed by atoms with E-state index < -0.39 is 23.0 Å². The molecule has 0 radical (unpaired) electrons. The lowest BCUT2D eigenvalue weighted by Crippen LogP contribution is -2.48. The van der Waals surface area contributed by atoms with Crippen LogP contribution in [0.5, 0.6) is 0 Å². The Bertz CT molecular complexity index is 688. The summed E-state index contributed by atoms with van der Waals surface area (Å²) in [6, 6.07) is 20.1. The third-order valence-electron chi connectivity index (χ3n) is 6.83. The van der Waals surface area contributed by atoms with Gasteiger partial charge in [0.25, 0.3) is 0 Å². The normalized spacial score (nSPS) is 16.5. The zero-order valence-electron chi connectivity index (χ0n) is 19.9. The van der Waals surface area contributed by atoms with Crippen molar-refractivity contribution in [3.63, 3.8) is 0 Å². The third-order valence-corrected chi connectivity index (χ3v) is 6.83. The first kappa shape index (κ1) is 25.5. The van der Waals surface area contributed by atoms with E-state index in [1.807, 2.05) is 88.4 Å².